The standard InChI is InChI=1S/C22H27N3O4S/c1-15(16-10-12-20(13-11-16)30(23,28)29)24-22(27)18-8-5-9-19(14-18)25-21(26)17-6-3-2-4-7-17/h5,8-15,17H,2-4,6-7H2,1H3,(H,24,27)(H,25,26)(H2,23,28,29)/t15-/m0/s1. The molecule has 2 aromatic carbocycles. The molecule has 0 saturated heterocycles. The van der Waals surface area contributed by atoms with Crippen LogP contribution in [0.5, 0.6) is 0 Å². The van der Waals surface area contributed by atoms with Gasteiger partial charge in [0.15, 0.2) is 0 Å². The highest BCUT2D eigenvalue weighted by molar-refractivity contribution is 7.89. The molecule has 1 aliphatic rings. The highest BCUT2D eigenvalue weighted by Gasteiger charge is 2.21. The molecule has 7 nitrogen and oxygen atoms in total. The number of carbonyl (C=O) groups is 2. The molecule has 0 radical (unpaired) electrons. The van der Waals surface area contributed by atoms with Gasteiger partial charge in [-0.3, -0.25) is 9.59 Å². The fraction of sp³-hybridized carbons (Fsp3) is 0.364. The first-order valence-corrected chi connectivity index (χ1v) is 11.6. The van der Waals surface area contributed by atoms with E-state index in [1.165, 1.54) is 18.6 Å². The summed E-state index contributed by atoms with van der Waals surface area (Å²) in [5, 5.41) is 10.9. The number of primary sulfonamides is 1. The average Bonchev–Trinajstić information content (AvgIpc) is 2.74. The van der Waals surface area contributed by atoms with Crippen molar-refractivity contribution in [1.29, 1.82) is 0 Å². The van der Waals surface area contributed by atoms with Crippen molar-refractivity contribution in [2.75, 3.05) is 5.32 Å². The van der Waals surface area contributed by atoms with Gasteiger partial charge in [0.25, 0.3) is 5.91 Å². The van der Waals surface area contributed by atoms with Crippen LogP contribution in [0.3, 0.4) is 0 Å². The van der Waals surface area contributed by atoms with Gasteiger partial charge in [-0.05, 0) is 55.7 Å². The molecule has 8 heteroatoms. The van der Waals surface area contributed by atoms with Gasteiger partial charge in [0.2, 0.25) is 15.9 Å². The van der Waals surface area contributed by atoms with Gasteiger partial charge < -0.3 is 10.6 Å². The summed E-state index contributed by atoms with van der Waals surface area (Å²) in [4.78, 5) is 25.1. The van der Waals surface area contributed by atoms with Gasteiger partial charge in [0, 0.05) is 17.2 Å². The summed E-state index contributed by atoms with van der Waals surface area (Å²) in [6.45, 7) is 1.80. The third-order valence-electron chi connectivity index (χ3n) is 5.42. The van der Waals surface area contributed by atoms with Gasteiger partial charge in [-0.1, -0.05) is 37.5 Å². The van der Waals surface area contributed by atoms with Gasteiger partial charge >= 0.3 is 0 Å². The molecule has 0 heterocycles. The van der Waals surface area contributed by atoms with Crippen LogP contribution in [0.15, 0.2) is 53.4 Å². The maximum absolute atomic E-state index is 12.7. The van der Waals surface area contributed by atoms with Crippen LogP contribution in [0.4, 0.5) is 5.69 Å². The maximum Gasteiger partial charge on any atom is 0.251 e. The quantitative estimate of drug-likeness (QED) is 0.652. The molecular formula is C22H27N3O4S. The number of benzene rings is 2. The molecule has 0 spiro atoms. The monoisotopic (exact) mass is 429 g/mol. The van der Waals surface area contributed by atoms with Crippen LogP contribution in [0.25, 0.3) is 0 Å². The smallest absolute Gasteiger partial charge is 0.251 e. The number of nitrogens with one attached hydrogen (secondary N) is 2. The summed E-state index contributed by atoms with van der Waals surface area (Å²) < 4.78 is 22.7. The fourth-order valence-corrected chi connectivity index (χ4v) is 4.17. The second-order valence-electron chi connectivity index (χ2n) is 7.71. The third-order valence-corrected chi connectivity index (χ3v) is 6.35. The van der Waals surface area contributed by atoms with Crippen LogP contribution in [0.1, 0.15) is 61.0 Å². The predicted molar refractivity (Wildman–Crippen MR) is 115 cm³/mol. The Balaban J connectivity index is 1.63. The maximum atomic E-state index is 12.7. The van der Waals surface area contributed by atoms with E-state index in [1.54, 1.807) is 43.3 Å². The Hall–Kier alpha value is -2.71. The molecule has 1 aliphatic carbocycles. The van der Waals surface area contributed by atoms with E-state index >= 15 is 0 Å². The lowest BCUT2D eigenvalue weighted by molar-refractivity contribution is -0.120. The lowest BCUT2D eigenvalue weighted by Gasteiger charge is -2.21. The predicted octanol–water partition coefficient (Wildman–Crippen LogP) is 3.34. The first-order chi connectivity index (χ1) is 14.2. The number of carbonyl (C=O) groups excluding carboxylic acids is 2. The number of anilines is 1. The SMILES string of the molecule is C[C@H](NC(=O)c1cccc(NC(=O)C2CCCCC2)c1)c1ccc(S(N)(=O)=O)cc1. The Morgan fingerprint density at radius 1 is 1.03 bits per heavy atom. The van der Waals surface area contributed by atoms with Crippen LogP contribution < -0.4 is 15.8 Å². The van der Waals surface area contributed by atoms with Crippen molar-refractivity contribution in [1.82, 2.24) is 5.32 Å². The van der Waals surface area contributed by atoms with Gasteiger partial charge in [-0.15, -0.1) is 0 Å². The Bertz CT molecular complexity index is 1010. The van der Waals surface area contributed by atoms with E-state index < -0.39 is 10.0 Å². The zero-order chi connectivity index (χ0) is 21.7. The number of amides is 2. The number of hydrogen-bond donors (Lipinski definition) is 3. The molecular weight excluding hydrogens is 402 g/mol. The highest BCUT2D eigenvalue weighted by Crippen LogP contribution is 2.25. The third kappa shape index (κ3) is 5.67. The molecule has 1 saturated carbocycles. The molecule has 2 amide bonds. The van der Waals surface area contributed by atoms with Crippen LogP contribution in [-0.4, -0.2) is 20.2 Å². The van der Waals surface area contributed by atoms with E-state index in [0.29, 0.717) is 11.3 Å². The number of hydrogen-bond acceptors (Lipinski definition) is 4. The minimum absolute atomic E-state index is 0.00979. The highest BCUT2D eigenvalue weighted by atomic mass is 32.2. The Morgan fingerprint density at radius 3 is 2.33 bits per heavy atom. The largest absolute Gasteiger partial charge is 0.346 e. The van der Waals surface area contributed by atoms with E-state index in [-0.39, 0.29) is 28.7 Å². The first-order valence-electron chi connectivity index (χ1n) is 10.1. The molecule has 0 unspecified atom stereocenters. The van der Waals surface area contributed by atoms with Gasteiger partial charge in [-0.2, -0.15) is 0 Å². The molecule has 0 aliphatic heterocycles. The number of rotatable bonds is 6. The Labute approximate surface area is 177 Å². The molecule has 160 valence electrons. The molecule has 1 fully saturated rings. The van der Waals surface area contributed by atoms with Crippen LogP contribution in [0.2, 0.25) is 0 Å². The van der Waals surface area contributed by atoms with Crippen molar-refractivity contribution in [2.45, 2.75) is 50.0 Å². The van der Waals surface area contributed by atoms with Crippen molar-refractivity contribution < 1.29 is 18.0 Å². The van der Waals surface area contributed by atoms with Crippen LogP contribution in [-0.2, 0) is 14.8 Å². The molecule has 30 heavy (non-hydrogen) atoms. The van der Waals surface area contributed by atoms with Crippen molar-refractivity contribution in [3.05, 3.63) is 59.7 Å². The number of sulfonamides is 1. The van der Waals surface area contributed by atoms with Gasteiger partial charge in [0.1, 0.15) is 0 Å². The molecule has 0 aromatic heterocycles. The molecule has 2 aromatic rings. The minimum Gasteiger partial charge on any atom is -0.346 e. The second kappa shape index (κ2) is 9.40. The first kappa shape index (κ1) is 22.0. The van der Waals surface area contributed by atoms with E-state index in [4.69, 9.17) is 5.14 Å². The van der Waals surface area contributed by atoms with Crippen LogP contribution >= 0.6 is 0 Å². The summed E-state index contributed by atoms with van der Waals surface area (Å²) in [5.41, 5.74) is 1.78. The van der Waals surface area contributed by atoms with Crippen molar-refractivity contribution >= 4 is 27.5 Å². The van der Waals surface area contributed by atoms with E-state index in [2.05, 4.69) is 10.6 Å². The van der Waals surface area contributed by atoms with Crippen molar-refractivity contribution in [3.63, 3.8) is 0 Å². The second-order valence-corrected chi connectivity index (χ2v) is 9.28. The fourth-order valence-electron chi connectivity index (χ4n) is 3.66. The summed E-state index contributed by atoms with van der Waals surface area (Å²) in [6, 6.07) is 12.6. The van der Waals surface area contributed by atoms with Gasteiger partial charge in [0.05, 0.1) is 10.9 Å². The lowest BCUT2D eigenvalue weighted by Crippen LogP contribution is -2.27. The van der Waals surface area contributed by atoms with Crippen LogP contribution in [0, 0.1) is 5.92 Å². The summed E-state index contributed by atoms with van der Waals surface area (Å²) in [5.74, 6) is -0.237. The van der Waals surface area contributed by atoms with E-state index in [0.717, 1.165) is 31.2 Å². The zero-order valence-electron chi connectivity index (χ0n) is 16.9. The summed E-state index contributed by atoms with van der Waals surface area (Å²) in [6.07, 6.45) is 5.16. The summed E-state index contributed by atoms with van der Waals surface area (Å²) in [7, 11) is -3.76. The molecule has 4 N–H and O–H groups in total. The van der Waals surface area contributed by atoms with Gasteiger partial charge in [-0.25, -0.2) is 13.6 Å². The molecule has 0 bridgehead atoms. The van der Waals surface area contributed by atoms with E-state index in [9.17, 15) is 18.0 Å². The molecule has 3 rings (SSSR count). The van der Waals surface area contributed by atoms with Crippen molar-refractivity contribution in [2.24, 2.45) is 11.1 Å². The minimum atomic E-state index is -3.76. The average molecular weight is 430 g/mol. The number of nitrogens with two attached hydrogens (primary N) is 1. The topological polar surface area (TPSA) is 118 Å². The molecule has 1 atom stereocenters. The lowest BCUT2D eigenvalue weighted by atomic mass is 9.88. The Morgan fingerprint density at radius 2 is 1.70 bits per heavy atom. The normalized spacial score (nSPS) is 15.9. The van der Waals surface area contributed by atoms with Crippen molar-refractivity contribution in [3.8, 4) is 0 Å². The Kier molecular flexibility index (Phi) is 6.89. The van der Waals surface area contributed by atoms with E-state index in [1.807, 2.05) is 0 Å². The zero-order valence-corrected chi connectivity index (χ0v) is 17.7. The summed E-state index contributed by atoms with van der Waals surface area (Å²) >= 11 is 0.